The van der Waals surface area contributed by atoms with E-state index < -0.39 is 0 Å². The summed E-state index contributed by atoms with van der Waals surface area (Å²) in [6, 6.07) is 8.37. The second kappa shape index (κ2) is 8.54. The highest BCUT2D eigenvalue weighted by molar-refractivity contribution is 5.78. The van der Waals surface area contributed by atoms with Gasteiger partial charge in [0.05, 0.1) is 6.04 Å². The van der Waals surface area contributed by atoms with E-state index in [0.717, 1.165) is 17.2 Å². The van der Waals surface area contributed by atoms with Gasteiger partial charge in [0.1, 0.15) is 23.8 Å². The summed E-state index contributed by atoms with van der Waals surface area (Å²) in [6.45, 7) is 6.07. The number of benzene rings is 1. The van der Waals surface area contributed by atoms with Gasteiger partial charge in [-0.05, 0) is 23.6 Å². The molecule has 0 aliphatic carbocycles. The topological polar surface area (TPSA) is 52.6 Å². The molecule has 0 bridgehead atoms. The van der Waals surface area contributed by atoms with Crippen molar-refractivity contribution in [2.75, 3.05) is 37.0 Å². The molecule has 7 heteroatoms. The summed E-state index contributed by atoms with van der Waals surface area (Å²) in [4.78, 5) is 27.7. The van der Waals surface area contributed by atoms with E-state index in [1.807, 2.05) is 30.0 Å². The largest absolute Gasteiger partial charge is 0.363 e. The molecule has 0 N–H and O–H groups in total. The molecule has 0 spiro atoms. The summed E-state index contributed by atoms with van der Waals surface area (Å²) in [5.41, 5.74) is 0.936. The lowest BCUT2D eigenvalue weighted by atomic mass is 10.0. The molecule has 2 heterocycles. The minimum absolute atomic E-state index is 0.0397. The van der Waals surface area contributed by atoms with Crippen LogP contribution < -0.4 is 9.80 Å². The van der Waals surface area contributed by atoms with Crippen LogP contribution in [0.4, 0.5) is 16.0 Å². The molecule has 3 rings (SSSR count). The molecule has 1 aliphatic rings. The van der Waals surface area contributed by atoms with Crippen LogP contribution in [0, 0.1) is 11.7 Å². The third kappa shape index (κ3) is 4.58. The number of carbonyl (C=O) groups is 1. The van der Waals surface area contributed by atoms with Gasteiger partial charge < -0.3 is 14.7 Å². The van der Waals surface area contributed by atoms with Gasteiger partial charge in [0.15, 0.2) is 0 Å². The molecule has 150 valence electrons. The van der Waals surface area contributed by atoms with E-state index in [0.29, 0.717) is 26.1 Å². The van der Waals surface area contributed by atoms with Crippen molar-refractivity contribution < 1.29 is 9.18 Å². The van der Waals surface area contributed by atoms with Crippen LogP contribution in [-0.4, -0.2) is 54.0 Å². The lowest BCUT2D eigenvalue weighted by Gasteiger charge is -2.35. The zero-order chi connectivity index (χ0) is 20.3. The second-order valence-electron chi connectivity index (χ2n) is 7.78. The van der Waals surface area contributed by atoms with Crippen molar-refractivity contribution in [3.63, 3.8) is 0 Å². The predicted octanol–water partition coefficient (Wildman–Crippen LogP) is 2.95. The van der Waals surface area contributed by atoms with E-state index in [4.69, 9.17) is 0 Å². The molecule has 1 saturated heterocycles. The Hall–Kier alpha value is -2.70. The SMILES string of the molecule is CC(C)[C@@H]1CN(c2cc(N(C)C)ncn2)CCC(=O)N1Cc1ccc(F)cc1. The van der Waals surface area contributed by atoms with Crippen LogP contribution in [-0.2, 0) is 11.3 Å². The third-order valence-corrected chi connectivity index (χ3v) is 5.18. The van der Waals surface area contributed by atoms with Crippen LogP contribution >= 0.6 is 0 Å². The molecule has 1 aliphatic heterocycles. The van der Waals surface area contributed by atoms with Crippen LogP contribution in [0.5, 0.6) is 0 Å². The number of rotatable bonds is 5. The number of hydrogen-bond acceptors (Lipinski definition) is 5. The van der Waals surface area contributed by atoms with Crippen LogP contribution in [0.2, 0.25) is 0 Å². The second-order valence-corrected chi connectivity index (χ2v) is 7.78. The monoisotopic (exact) mass is 385 g/mol. The fourth-order valence-electron chi connectivity index (χ4n) is 3.50. The molecule has 6 nitrogen and oxygen atoms in total. The number of halogens is 1. The maximum atomic E-state index is 13.2. The molecule has 1 aromatic carbocycles. The van der Waals surface area contributed by atoms with Crippen LogP contribution in [0.3, 0.4) is 0 Å². The van der Waals surface area contributed by atoms with E-state index in [9.17, 15) is 9.18 Å². The molecule has 1 fully saturated rings. The molecule has 0 radical (unpaired) electrons. The number of amides is 1. The fourth-order valence-corrected chi connectivity index (χ4v) is 3.50. The highest BCUT2D eigenvalue weighted by Gasteiger charge is 2.32. The van der Waals surface area contributed by atoms with Crippen molar-refractivity contribution in [3.8, 4) is 0 Å². The Morgan fingerprint density at radius 3 is 2.57 bits per heavy atom. The first-order chi connectivity index (χ1) is 13.3. The van der Waals surface area contributed by atoms with Gasteiger partial charge in [0, 0.05) is 46.2 Å². The molecule has 28 heavy (non-hydrogen) atoms. The number of carbonyl (C=O) groups excluding carboxylic acids is 1. The first-order valence-corrected chi connectivity index (χ1v) is 9.63. The van der Waals surface area contributed by atoms with Gasteiger partial charge in [-0.1, -0.05) is 26.0 Å². The molecule has 0 saturated carbocycles. The molecule has 1 atom stereocenters. The van der Waals surface area contributed by atoms with Crippen molar-refractivity contribution >= 4 is 17.5 Å². The summed E-state index contributed by atoms with van der Waals surface area (Å²) in [7, 11) is 3.89. The fraction of sp³-hybridized carbons (Fsp3) is 0.476. The Labute approximate surface area is 166 Å². The Kier molecular flexibility index (Phi) is 6.11. The maximum Gasteiger partial charge on any atom is 0.224 e. The van der Waals surface area contributed by atoms with E-state index in [2.05, 4.69) is 28.7 Å². The Bertz CT molecular complexity index is 809. The Morgan fingerprint density at radius 2 is 1.93 bits per heavy atom. The summed E-state index contributed by atoms with van der Waals surface area (Å²) in [5.74, 6) is 1.80. The third-order valence-electron chi connectivity index (χ3n) is 5.18. The quantitative estimate of drug-likeness (QED) is 0.792. The van der Waals surface area contributed by atoms with Gasteiger partial charge in [0.2, 0.25) is 5.91 Å². The molecule has 2 aromatic rings. The highest BCUT2D eigenvalue weighted by Crippen LogP contribution is 2.25. The average molecular weight is 385 g/mol. The molecular formula is C21H28FN5O. The first-order valence-electron chi connectivity index (χ1n) is 9.63. The van der Waals surface area contributed by atoms with E-state index >= 15 is 0 Å². The van der Waals surface area contributed by atoms with E-state index in [1.165, 1.54) is 12.1 Å². The molecule has 0 unspecified atom stereocenters. The maximum absolute atomic E-state index is 13.2. The number of aromatic nitrogens is 2. The van der Waals surface area contributed by atoms with E-state index in [1.54, 1.807) is 18.5 Å². The Morgan fingerprint density at radius 1 is 1.21 bits per heavy atom. The van der Waals surface area contributed by atoms with Gasteiger partial charge in [0.25, 0.3) is 0 Å². The van der Waals surface area contributed by atoms with Crippen molar-refractivity contribution in [1.29, 1.82) is 0 Å². The van der Waals surface area contributed by atoms with Crippen molar-refractivity contribution in [1.82, 2.24) is 14.9 Å². The normalized spacial score (nSPS) is 17.8. The summed E-state index contributed by atoms with van der Waals surface area (Å²) in [5, 5.41) is 0. The minimum atomic E-state index is -0.266. The van der Waals surface area contributed by atoms with E-state index in [-0.39, 0.29) is 23.7 Å². The summed E-state index contributed by atoms with van der Waals surface area (Å²) in [6.07, 6.45) is 1.99. The zero-order valence-corrected chi connectivity index (χ0v) is 17.0. The van der Waals surface area contributed by atoms with Gasteiger partial charge in [-0.15, -0.1) is 0 Å². The molecule has 1 amide bonds. The number of hydrogen-bond donors (Lipinski definition) is 0. The smallest absolute Gasteiger partial charge is 0.224 e. The summed E-state index contributed by atoms with van der Waals surface area (Å²) < 4.78 is 13.2. The van der Waals surface area contributed by atoms with Gasteiger partial charge >= 0.3 is 0 Å². The Balaban J connectivity index is 1.85. The minimum Gasteiger partial charge on any atom is -0.363 e. The average Bonchev–Trinajstić information content (AvgIpc) is 2.83. The van der Waals surface area contributed by atoms with Gasteiger partial charge in [-0.3, -0.25) is 4.79 Å². The zero-order valence-electron chi connectivity index (χ0n) is 17.0. The predicted molar refractivity (Wildman–Crippen MR) is 109 cm³/mol. The van der Waals surface area contributed by atoms with Crippen LogP contribution in [0.1, 0.15) is 25.8 Å². The van der Waals surface area contributed by atoms with Crippen LogP contribution in [0.15, 0.2) is 36.7 Å². The lowest BCUT2D eigenvalue weighted by molar-refractivity contribution is -0.134. The van der Waals surface area contributed by atoms with Crippen molar-refractivity contribution in [2.45, 2.75) is 32.9 Å². The number of anilines is 2. The van der Waals surface area contributed by atoms with Gasteiger partial charge in [-0.25, -0.2) is 14.4 Å². The number of nitrogens with zero attached hydrogens (tertiary/aromatic N) is 5. The van der Waals surface area contributed by atoms with Gasteiger partial charge in [-0.2, -0.15) is 0 Å². The molecule has 1 aromatic heterocycles. The standard InChI is InChI=1S/C21H28FN5O/c1-15(2)18-13-26(20-11-19(25(3)4)23-14-24-20)10-9-21(28)27(18)12-16-5-7-17(22)8-6-16/h5-8,11,14-15,18H,9-10,12-13H2,1-4H3/t18-/m0/s1. The van der Waals surface area contributed by atoms with Crippen molar-refractivity contribution in [2.24, 2.45) is 5.92 Å². The first kappa shape index (κ1) is 20.0. The highest BCUT2D eigenvalue weighted by atomic mass is 19.1. The molecular weight excluding hydrogens is 357 g/mol. The lowest BCUT2D eigenvalue weighted by Crippen LogP contribution is -2.46. The van der Waals surface area contributed by atoms with Crippen molar-refractivity contribution in [3.05, 3.63) is 48.0 Å². The van der Waals surface area contributed by atoms with Crippen LogP contribution in [0.25, 0.3) is 0 Å². The summed E-state index contributed by atoms with van der Waals surface area (Å²) >= 11 is 0.